The van der Waals surface area contributed by atoms with Crippen LogP contribution in [0, 0.1) is 0 Å². The monoisotopic (exact) mass is 384 g/mol. The fraction of sp³-hybridized carbons (Fsp3) is 0.133. The Morgan fingerprint density at radius 2 is 2.05 bits per heavy atom. The summed E-state index contributed by atoms with van der Waals surface area (Å²) in [7, 11) is 0. The molecule has 0 radical (unpaired) electrons. The third-order valence-electron chi connectivity index (χ3n) is 2.76. The number of rotatable bonds is 5. The number of amides is 1. The number of hydrogen-bond donors (Lipinski definition) is 2. The van der Waals surface area contributed by atoms with E-state index in [0.29, 0.717) is 23.0 Å². The highest BCUT2D eigenvalue weighted by Gasteiger charge is 2.06. The lowest BCUT2D eigenvalue weighted by molar-refractivity contribution is -0.118. The zero-order valence-electron chi connectivity index (χ0n) is 11.1. The van der Waals surface area contributed by atoms with Crippen LogP contribution in [-0.4, -0.2) is 11.7 Å². The molecule has 2 rings (SSSR count). The Kier molecular flexibility index (Phi) is 5.96. The van der Waals surface area contributed by atoms with Crippen molar-refractivity contribution in [2.24, 2.45) is 0 Å². The molecule has 0 aliphatic heterocycles. The van der Waals surface area contributed by atoms with Gasteiger partial charge in [0.15, 0.2) is 0 Å². The van der Waals surface area contributed by atoms with Crippen molar-refractivity contribution in [3.63, 3.8) is 0 Å². The smallest absolute Gasteiger partial charge is 0.230 e. The van der Waals surface area contributed by atoms with Crippen molar-refractivity contribution in [1.82, 2.24) is 5.32 Å². The predicted octanol–water partition coefficient (Wildman–Crippen LogP) is 4.09. The van der Waals surface area contributed by atoms with E-state index >= 15 is 0 Å². The first-order chi connectivity index (χ1) is 10.1. The maximum atomic E-state index is 11.9. The van der Waals surface area contributed by atoms with Crippen molar-refractivity contribution < 1.29 is 4.79 Å². The van der Waals surface area contributed by atoms with Gasteiger partial charge in [-0.25, -0.2) is 0 Å². The number of halogens is 2. The first-order valence-corrected chi connectivity index (χ1v) is 8.40. The summed E-state index contributed by atoms with van der Waals surface area (Å²) in [6, 6.07) is 13.1. The highest BCUT2D eigenvalue weighted by Crippen LogP contribution is 2.27. The van der Waals surface area contributed by atoms with Crippen LogP contribution in [0.5, 0.6) is 0 Å². The fourth-order valence-electron chi connectivity index (χ4n) is 1.68. The van der Waals surface area contributed by atoms with Crippen LogP contribution >= 0.6 is 39.3 Å². The maximum absolute atomic E-state index is 11.9. The molecular formula is C15H14BrClN2OS. The SMILES string of the molecule is Nc1cc(Br)ccc1SCC(=O)NCc1ccccc1Cl. The van der Waals surface area contributed by atoms with Crippen molar-refractivity contribution >= 4 is 50.9 Å². The van der Waals surface area contributed by atoms with Gasteiger partial charge in [0, 0.05) is 26.6 Å². The largest absolute Gasteiger partial charge is 0.398 e. The summed E-state index contributed by atoms with van der Waals surface area (Å²) in [5.74, 6) is 0.262. The summed E-state index contributed by atoms with van der Waals surface area (Å²) in [5, 5.41) is 3.50. The van der Waals surface area contributed by atoms with Gasteiger partial charge >= 0.3 is 0 Å². The number of nitrogen functional groups attached to an aromatic ring is 1. The predicted molar refractivity (Wildman–Crippen MR) is 92.6 cm³/mol. The molecule has 0 bridgehead atoms. The molecule has 21 heavy (non-hydrogen) atoms. The third kappa shape index (κ3) is 4.95. The van der Waals surface area contributed by atoms with Gasteiger partial charge in [-0.1, -0.05) is 45.7 Å². The Bertz CT molecular complexity index is 651. The van der Waals surface area contributed by atoms with Gasteiger partial charge in [-0.15, -0.1) is 11.8 Å². The highest BCUT2D eigenvalue weighted by atomic mass is 79.9. The van der Waals surface area contributed by atoms with Crippen molar-refractivity contribution in [3.05, 3.63) is 57.5 Å². The maximum Gasteiger partial charge on any atom is 0.230 e. The standard InChI is InChI=1S/C15H14BrClN2OS/c16-11-5-6-14(13(18)7-11)21-9-15(20)19-8-10-3-1-2-4-12(10)17/h1-7H,8-9,18H2,(H,19,20). The van der Waals surface area contributed by atoms with Crippen molar-refractivity contribution in [1.29, 1.82) is 0 Å². The topological polar surface area (TPSA) is 55.1 Å². The summed E-state index contributed by atoms with van der Waals surface area (Å²) in [6.07, 6.45) is 0. The number of hydrogen-bond acceptors (Lipinski definition) is 3. The Labute approximate surface area is 141 Å². The second kappa shape index (κ2) is 7.73. The molecule has 0 aliphatic carbocycles. The van der Waals surface area contributed by atoms with Gasteiger partial charge < -0.3 is 11.1 Å². The minimum Gasteiger partial charge on any atom is -0.398 e. The molecule has 2 aromatic carbocycles. The second-order valence-electron chi connectivity index (χ2n) is 4.34. The first kappa shape index (κ1) is 16.2. The first-order valence-electron chi connectivity index (χ1n) is 6.24. The van der Waals surface area contributed by atoms with Crippen LogP contribution in [0.1, 0.15) is 5.56 Å². The number of thioether (sulfide) groups is 1. The van der Waals surface area contributed by atoms with Gasteiger partial charge in [-0.3, -0.25) is 4.79 Å². The molecule has 0 aromatic heterocycles. The summed E-state index contributed by atoms with van der Waals surface area (Å²) >= 11 is 10.8. The number of nitrogens with one attached hydrogen (secondary N) is 1. The van der Waals surface area contributed by atoms with E-state index in [2.05, 4.69) is 21.2 Å². The minimum atomic E-state index is -0.0535. The summed E-state index contributed by atoms with van der Waals surface area (Å²) in [6.45, 7) is 0.425. The molecule has 0 saturated heterocycles. The van der Waals surface area contributed by atoms with E-state index in [1.165, 1.54) is 11.8 Å². The third-order valence-corrected chi connectivity index (χ3v) is 4.72. The minimum absolute atomic E-state index is 0.0535. The van der Waals surface area contributed by atoms with E-state index in [-0.39, 0.29) is 5.91 Å². The van der Waals surface area contributed by atoms with E-state index in [4.69, 9.17) is 17.3 Å². The average Bonchev–Trinajstić information content (AvgIpc) is 2.45. The van der Waals surface area contributed by atoms with Gasteiger partial charge in [0.05, 0.1) is 5.75 Å². The van der Waals surface area contributed by atoms with Crippen LogP contribution in [0.3, 0.4) is 0 Å². The van der Waals surface area contributed by atoms with Crippen LogP contribution in [0.4, 0.5) is 5.69 Å². The van der Waals surface area contributed by atoms with Crippen LogP contribution < -0.4 is 11.1 Å². The van der Waals surface area contributed by atoms with E-state index in [9.17, 15) is 4.79 Å². The van der Waals surface area contributed by atoms with E-state index in [1.54, 1.807) is 6.07 Å². The number of nitrogens with two attached hydrogens (primary N) is 1. The fourth-order valence-corrected chi connectivity index (χ4v) is 3.04. The zero-order chi connectivity index (χ0) is 15.2. The Morgan fingerprint density at radius 3 is 2.76 bits per heavy atom. The molecule has 0 unspecified atom stereocenters. The van der Waals surface area contributed by atoms with Crippen molar-refractivity contribution in [2.45, 2.75) is 11.4 Å². The van der Waals surface area contributed by atoms with E-state index in [0.717, 1.165) is 14.9 Å². The number of carbonyl (C=O) groups excluding carboxylic acids is 1. The molecule has 110 valence electrons. The number of carbonyl (C=O) groups is 1. The molecule has 1 amide bonds. The second-order valence-corrected chi connectivity index (χ2v) is 6.68. The lowest BCUT2D eigenvalue weighted by Crippen LogP contribution is -2.24. The quantitative estimate of drug-likeness (QED) is 0.602. The Morgan fingerprint density at radius 1 is 1.29 bits per heavy atom. The van der Waals surface area contributed by atoms with Crippen molar-refractivity contribution in [3.8, 4) is 0 Å². The molecule has 0 saturated carbocycles. The lowest BCUT2D eigenvalue weighted by Gasteiger charge is -2.08. The molecule has 3 N–H and O–H groups in total. The van der Waals surface area contributed by atoms with Gasteiger partial charge in [0.25, 0.3) is 0 Å². The number of benzene rings is 2. The van der Waals surface area contributed by atoms with Gasteiger partial charge in [-0.05, 0) is 29.8 Å². The lowest BCUT2D eigenvalue weighted by atomic mass is 10.2. The Hall–Kier alpha value is -1.17. The van der Waals surface area contributed by atoms with Crippen LogP contribution in [0.25, 0.3) is 0 Å². The van der Waals surface area contributed by atoms with Crippen LogP contribution in [0.15, 0.2) is 51.8 Å². The van der Waals surface area contributed by atoms with Crippen LogP contribution in [-0.2, 0) is 11.3 Å². The summed E-state index contributed by atoms with van der Waals surface area (Å²) in [5.41, 5.74) is 7.46. The molecule has 0 heterocycles. The normalized spacial score (nSPS) is 10.4. The van der Waals surface area contributed by atoms with E-state index in [1.807, 2.05) is 36.4 Å². The van der Waals surface area contributed by atoms with Gasteiger partial charge in [-0.2, -0.15) is 0 Å². The number of anilines is 1. The summed E-state index contributed by atoms with van der Waals surface area (Å²) in [4.78, 5) is 12.7. The molecular weight excluding hydrogens is 372 g/mol. The van der Waals surface area contributed by atoms with E-state index < -0.39 is 0 Å². The molecule has 0 spiro atoms. The van der Waals surface area contributed by atoms with Crippen molar-refractivity contribution in [2.75, 3.05) is 11.5 Å². The van der Waals surface area contributed by atoms with Crippen LogP contribution in [0.2, 0.25) is 5.02 Å². The molecule has 2 aromatic rings. The van der Waals surface area contributed by atoms with Gasteiger partial charge in [0.1, 0.15) is 0 Å². The molecule has 0 atom stereocenters. The molecule has 0 fully saturated rings. The molecule has 0 aliphatic rings. The molecule has 6 heteroatoms. The highest BCUT2D eigenvalue weighted by molar-refractivity contribution is 9.10. The summed E-state index contributed by atoms with van der Waals surface area (Å²) < 4.78 is 0.924. The van der Waals surface area contributed by atoms with Gasteiger partial charge in [0.2, 0.25) is 5.91 Å². The Balaban J connectivity index is 1.84. The molecule has 3 nitrogen and oxygen atoms in total. The zero-order valence-corrected chi connectivity index (χ0v) is 14.3. The average molecular weight is 386 g/mol.